The minimum Gasteiger partial charge on any atom is -1.00 e. The summed E-state index contributed by atoms with van der Waals surface area (Å²) in [6.45, 7) is 6.86. The van der Waals surface area contributed by atoms with Crippen molar-refractivity contribution in [1.29, 1.82) is 0 Å². The van der Waals surface area contributed by atoms with Gasteiger partial charge in [0.25, 0.3) is 0 Å². The van der Waals surface area contributed by atoms with E-state index in [2.05, 4.69) is 37.3 Å². The van der Waals surface area contributed by atoms with Crippen molar-refractivity contribution in [2.24, 2.45) is 0 Å². The van der Waals surface area contributed by atoms with Crippen LogP contribution in [0.25, 0.3) is 0 Å². The predicted octanol–water partition coefficient (Wildman–Crippen LogP) is -5.22. The van der Waals surface area contributed by atoms with Gasteiger partial charge < -0.3 is 48.7 Å². The Balaban J connectivity index is 0.00000240. The Morgan fingerprint density at radius 2 is 1.55 bits per heavy atom. The zero-order valence-corrected chi connectivity index (χ0v) is 20.5. The van der Waals surface area contributed by atoms with Gasteiger partial charge in [0.15, 0.2) is 11.5 Å². The molecule has 3 rings (SSSR count). The third-order valence-electron chi connectivity index (χ3n) is 5.87. The molecular weight excluding hydrogens is 439 g/mol. The van der Waals surface area contributed by atoms with E-state index >= 15 is 0 Å². The first-order valence-corrected chi connectivity index (χ1v) is 10.2. The van der Waals surface area contributed by atoms with Crippen LogP contribution in [0.2, 0.25) is 0 Å². The van der Waals surface area contributed by atoms with Crippen molar-refractivity contribution < 1.29 is 53.6 Å². The number of ether oxygens (including phenoxy) is 4. The standard InChI is InChI=1S/C23H32N2O4.2ClH/c1-17-16-24(11-12-25(17)19-7-6-8-20(15-19)26-2)10-9-18-13-21(27-3)23(29-5)22(14-18)28-4;;/h6-8,13-15,17H,9-12,16H2,1-5H3;2*1H. The van der Waals surface area contributed by atoms with Gasteiger partial charge in [-0.15, -0.1) is 0 Å². The van der Waals surface area contributed by atoms with Gasteiger partial charge in [0, 0.05) is 12.5 Å². The minimum absolute atomic E-state index is 0. The number of rotatable bonds is 8. The molecule has 1 saturated heterocycles. The Morgan fingerprint density at radius 1 is 0.871 bits per heavy atom. The Bertz CT molecular complexity index is 797. The van der Waals surface area contributed by atoms with Gasteiger partial charge in [-0.1, -0.05) is 6.07 Å². The van der Waals surface area contributed by atoms with Crippen molar-refractivity contribution in [3.63, 3.8) is 0 Å². The number of quaternary nitrogens is 2. The number of hydrogen-bond acceptors (Lipinski definition) is 4. The van der Waals surface area contributed by atoms with E-state index in [1.807, 2.05) is 6.07 Å². The Hall–Kier alpha value is -1.86. The monoisotopic (exact) mass is 472 g/mol. The van der Waals surface area contributed by atoms with E-state index in [0.717, 1.165) is 49.8 Å². The van der Waals surface area contributed by atoms with Crippen LogP contribution in [0.15, 0.2) is 36.4 Å². The molecular formula is C23H34Cl2N2O4. The second kappa shape index (κ2) is 12.9. The molecule has 0 spiro atoms. The lowest BCUT2D eigenvalue weighted by Crippen LogP contribution is -3.28. The molecule has 8 heteroatoms. The maximum atomic E-state index is 5.48. The smallest absolute Gasteiger partial charge is 0.203 e. The molecule has 3 atom stereocenters. The molecule has 0 amide bonds. The first-order chi connectivity index (χ1) is 14.1. The maximum Gasteiger partial charge on any atom is 0.203 e. The Kier molecular flexibility index (Phi) is 11.3. The molecule has 1 heterocycles. The van der Waals surface area contributed by atoms with Crippen molar-refractivity contribution in [1.82, 2.24) is 0 Å². The number of piperazine rings is 1. The van der Waals surface area contributed by atoms with Crippen LogP contribution >= 0.6 is 0 Å². The van der Waals surface area contributed by atoms with Crippen LogP contribution in [0.1, 0.15) is 12.5 Å². The van der Waals surface area contributed by atoms with Crippen LogP contribution in [0.5, 0.6) is 23.0 Å². The second-order valence-electron chi connectivity index (χ2n) is 7.65. The van der Waals surface area contributed by atoms with E-state index in [9.17, 15) is 0 Å². The van der Waals surface area contributed by atoms with Crippen molar-refractivity contribution in [2.75, 3.05) is 54.6 Å². The van der Waals surface area contributed by atoms with Crippen molar-refractivity contribution >= 4 is 5.69 Å². The summed E-state index contributed by atoms with van der Waals surface area (Å²) in [5.74, 6) is 3.02. The lowest BCUT2D eigenvalue weighted by atomic mass is 10.1. The summed E-state index contributed by atoms with van der Waals surface area (Å²) < 4.78 is 21.8. The van der Waals surface area contributed by atoms with E-state index < -0.39 is 0 Å². The fourth-order valence-corrected chi connectivity index (χ4v) is 4.30. The molecule has 0 aliphatic carbocycles. The van der Waals surface area contributed by atoms with Gasteiger partial charge in [0.2, 0.25) is 5.75 Å². The van der Waals surface area contributed by atoms with E-state index in [1.54, 1.807) is 38.2 Å². The predicted molar refractivity (Wildman–Crippen MR) is 113 cm³/mol. The molecule has 2 aromatic rings. The first kappa shape index (κ1) is 27.2. The summed E-state index contributed by atoms with van der Waals surface area (Å²) in [5.41, 5.74) is 2.53. The van der Waals surface area contributed by atoms with Gasteiger partial charge in [0.1, 0.15) is 37.1 Å². The molecule has 0 bridgehead atoms. The summed E-state index contributed by atoms with van der Waals surface area (Å²) in [7, 11) is 6.68. The van der Waals surface area contributed by atoms with Crippen molar-refractivity contribution in [2.45, 2.75) is 19.4 Å². The van der Waals surface area contributed by atoms with E-state index in [4.69, 9.17) is 18.9 Å². The topological polar surface area (TPSA) is 45.8 Å². The SMILES string of the molecule is COc1cccc([NH+]2CC[NH+](CCc3cc(OC)c(OC)c(OC)c3)CC2C)c1.[Cl-].[Cl-]. The fraction of sp³-hybridized carbons (Fsp3) is 0.478. The Labute approximate surface area is 198 Å². The highest BCUT2D eigenvalue weighted by Crippen LogP contribution is 2.38. The lowest BCUT2D eigenvalue weighted by molar-refractivity contribution is -1.00. The second-order valence-corrected chi connectivity index (χ2v) is 7.65. The van der Waals surface area contributed by atoms with Crippen LogP contribution in [-0.4, -0.2) is 60.7 Å². The summed E-state index contributed by atoms with van der Waals surface area (Å²) >= 11 is 0. The molecule has 6 nitrogen and oxygen atoms in total. The van der Waals surface area contributed by atoms with Gasteiger partial charge >= 0.3 is 0 Å². The highest BCUT2D eigenvalue weighted by Gasteiger charge is 2.31. The summed E-state index contributed by atoms with van der Waals surface area (Å²) in [5, 5.41) is 0. The average molecular weight is 473 g/mol. The molecule has 0 aromatic heterocycles. The summed E-state index contributed by atoms with van der Waals surface area (Å²) in [6, 6.07) is 13.1. The average Bonchev–Trinajstić information content (AvgIpc) is 2.76. The first-order valence-electron chi connectivity index (χ1n) is 10.2. The third-order valence-corrected chi connectivity index (χ3v) is 5.87. The number of hydrogen-bond donors (Lipinski definition) is 2. The third kappa shape index (κ3) is 6.56. The lowest BCUT2D eigenvalue weighted by Gasteiger charge is -2.34. The van der Waals surface area contributed by atoms with Crippen LogP contribution in [0, 0.1) is 0 Å². The quantitative estimate of drug-likeness (QED) is 0.403. The molecule has 31 heavy (non-hydrogen) atoms. The Morgan fingerprint density at radius 3 is 2.10 bits per heavy atom. The molecule has 2 aromatic carbocycles. The summed E-state index contributed by atoms with van der Waals surface area (Å²) in [4.78, 5) is 3.18. The number of nitrogens with one attached hydrogen (secondary N) is 2. The van der Waals surface area contributed by atoms with Crippen LogP contribution in [-0.2, 0) is 6.42 Å². The number of methoxy groups -OCH3 is 4. The van der Waals surface area contributed by atoms with Gasteiger partial charge in [0.05, 0.1) is 35.0 Å². The summed E-state index contributed by atoms with van der Waals surface area (Å²) in [6.07, 6.45) is 0.979. The normalized spacial score (nSPS) is 20.1. The van der Waals surface area contributed by atoms with Crippen molar-refractivity contribution in [3.05, 3.63) is 42.0 Å². The molecule has 1 aliphatic rings. The van der Waals surface area contributed by atoms with Gasteiger partial charge in [-0.25, -0.2) is 0 Å². The molecule has 0 radical (unpaired) electrons. The number of benzene rings is 2. The highest BCUT2D eigenvalue weighted by molar-refractivity contribution is 5.53. The van der Waals surface area contributed by atoms with Crippen LogP contribution in [0.3, 0.4) is 0 Å². The maximum absolute atomic E-state index is 5.48. The molecule has 2 N–H and O–H groups in total. The fourth-order valence-electron chi connectivity index (χ4n) is 4.30. The minimum atomic E-state index is 0. The highest BCUT2D eigenvalue weighted by atomic mass is 35.5. The van der Waals surface area contributed by atoms with Gasteiger partial charge in [-0.2, -0.15) is 0 Å². The zero-order chi connectivity index (χ0) is 20.8. The largest absolute Gasteiger partial charge is 1.00 e. The van der Waals surface area contributed by atoms with Gasteiger partial charge in [-0.05, 0) is 36.8 Å². The molecule has 1 fully saturated rings. The molecule has 1 aliphatic heterocycles. The zero-order valence-electron chi connectivity index (χ0n) is 19.0. The van der Waals surface area contributed by atoms with Crippen molar-refractivity contribution in [3.8, 4) is 23.0 Å². The molecule has 3 unspecified atom stereocenters. The molecule has 174 valence electrons. The van der Waals surface area contributed by atoms with Crippen LogP contribution in [0.4, 0.5) is 5.69 Å². The molecule has 0 saturated carbocycles. The van der Waals surface area contributed by atoms with E-state index in [1.165, 1.54) is 11.3 Å². The van der Waals surface area contributed by atoms with E-state index in [0.29, 0.717) is 11.8 Å². The van der Waals surface area contributed by atoms with Crippen LogP contribution < -0.4 is 53.6 Å². The van der Waals surface area contributed by atoms with E-state index in [-0.39, 0.29) is 24.8 Å². The number of halogens is 2. The van der Waals surface area contributed by atoms with Gasteiger partial charge in [-0.3, -0.25) is 4.90 Å².